The van der Waals surface area contributed by atoms with Crippen molar-refractivity contribution in [2.24, 2.45) is 0 Å². The number of furan rings is 1. The number of aliphatic hydroxyl groups is 1. The number of hydrogen-bond acceptors (Lipinski definition) is 4. The molecule has 1 rings (SSSR count). The summed E-state index contributed by atoms with van der Waals surface area (Å²) < 4.78 is 5.39. The van der Waals surface area contributed by atoms with Gasteiger partial charge < -0.3 is 20.2 Å². The first kappa shape index (κ1) is 16.9. The molecule has 1 heterocycles. The van der Waals surface area contributed by atoms with Crippen LogP contribution < -0.4 is 10.6 Å². The van der Waals surface area contributed by atoms with Crippen molar-refractivity contribution in [3.63, 3.8) is 0 Å². The highest BCUT2D eigenvalue weighted by molar-refractivity contribution is 7.98. The van der Waals surface area contributed by atoms with Gasteiger partial charge in [-0.05, 0) is 51.3 Å². The van der Waals surface area contributed by atoms with Gasteiger partial charge in [-0.3, -0.25) is 0 Å². The Kier molecular flexibility index (Phi) is 6.42. The Morgan fingerprint density at radius 3 is 2.80 bits per heavy atom. The smallest absolute Gasteiger partial charge is 0.315 e. The van der Waals surface area contributed by atoms with Gasteiger partial charge in [0.2, 0.25) is 0 Å². The van der Waals surface area contributed by atoms with Gasteiger partial charge in [0.1, 0.15) is 17.1 Å². The molecule has 0 unspecified atom stereocenters. The zero-order chi connectivity index (χ0) is 15.2. The second-order valence-electron chi connectivity index (χ2n) is 5.19. The normalized spacial score (nSPS) is 15.4. The summed E-state index contributed by atoms with van der Waals surface area (Å²) in [5, 5.41) is 15.8. The molecule has 114 valence electrons. The zero-order valence-electron chi connectivity index (χ0n) is 12.5. The van der Waals surface area contributed by atoms with E-state index in [4.69, 9.17) is 4.42 Å². The fourth-order valence-corrected chi connectivity index (χ4v) is 2.29. The summed E-state index contributed by atoms with van der Waals surface area (Å²) in [6, 6.07) is 3.34. The number of amides is 2. The standard InChI is InChI=1S/C14H24N2O3S/c1-10(7-8-20-4)16-13(17)15-9-14(3,18)12-6-5-11(2)19-12/h5-6,10,18H,7-9H2,1-4H3,(H2,15,16,17)/t10-,14-/m1/s1. The summed E-state index contributed by atoms with van der Waals surface area (Å²) in [6.07, 6.45) is 2.96. The Morgan fingerprint density at radius 1 is 1.55 bits per heavy atom. The summed E-state index contributed by atoms with van der Waals surface area (Å²) >= 11 is 1.75. The highest BCUT2D eigenvalue weighted by Gasteiger charge is 2.27. The number of carbonyl (C=O) groups is 1. The molecule has 1 aromatic rings. The molecule has 1 aromatic heterocycles. The SMILES string of the molecule is CSCC[C@@H](C)NC(=O)NC[C@@](C)(O)c1ccc(C)o1. The highest BCUT2D eigenvalue weighted by Crippen LogP contribution is 2.21. The van der Waals surface area contributed by atoms with Crippen LogP contribution in [0.2, 0.25) is 0 Å². The molecular weight excluding hydrogens is 276 g/mol. The Labute approximate surface area is 124 Å². The fraction of sp³-hybridized carbons (Fsp3) is 0.643. The molecule has 2 amide bonds. The van der Waals surface area contributed by atoms with Crippen LogP contribution in [-0.4, -0.2) is 35.7 Å². The van der Waals surface area contributed by atoms with Crippen LogP contribution in [0.25, 0.3) is 0 Å². The number of hydrogen-bond donors (Lipinski definition) is 3. The van der Waals surface area contributed by atoms with Gasteiger partial charge in [-0.1, -0.05) is 0 Å². The van der Waals surface area contributed by atoms with Gasteiger partial charge in [0.25, 0.3) is 0 Å². The van der Waals surface area contributed by atoms with E-state index in [0.717, 1.165) is 17.9 Å². The van der Waals surface area contributed by atoms with E-state index in [1.807, 2.05) is 20.1 Å². The zero-order valence-corrected chi connectivity index (χ0v) is 13.3. The van der Waals surface area contributed by atoms with Crippen LogP contribution in [-0.2, 0) is 5.60 Å². The Hall–Kier alpha value is -1.14. The first-order valence-corrected chi connectivity index (χ1v) is 8.07. The monoisotopic (exact) mass is 300 g/mol. The number of nitrogens with one attached hydrogen (secondary N) is 2. The third kappa shape index (κ3) is 5.46. The third-order valence-electron chi connectivity index (χ3n) is 3.00. The van der Waals surface area contributed by atoms with Crippen LogP contribution in [0.4, 0.5) is 4.79 Å². The van der Waals surface area contributed by atoms with Crippen molar-refractivity contribution in [2.75, 3.05) is 18.6 Å². The third-order valence-corrected chi connectivity index (χ3v) is 3.64. The second kappa shape index (κ2) is 7.59. The number of rotatable bonds is 7. The average molecular weight is 300 g/mol. The molecule has 0 bridgehead atoms. The maximum atomic E-state index is 11.7. The summed E-state index contributed by atoms with van der Waals surface area (Å²) in [7, 11) is 0. The number of thioether (sulfide) groups is 1. The molecule has 5 nitrogen and oxygen atoms in total. The topological polar surface area (TPSA) is 74.5 Å². The number of aryl methyl sites for hydroxylation is 1. The van der Waals surface area contributed by atoms with Crippen molar-refractivity contribution in [2.45, 2.75) is 38.8 Å². The van der Waals surface area contributed by atoms with Crippen LogP contribution in [0.3, 0.4) is 0 Å². The van der Waals surface area contributed by atoms with Gasteiger partial charge in [0, 0.05) is 6.04 Å². The molecule has 3 N–H and O–H groups in total. The van der Waals surface area contributed by atoms with E-state index in [1.54, 1.807) is 30.8 Å². The molecular formula is C14H24N2O3S. The van der Waals surface area contributed by atoms with Crippen molar-refractivity contribution in [3.8, 4) is 0 Å². The molecule has 0 aliphatic heterocycles. The minimum atomic E-state index is -1.21. The largest absolute Gasteiger partial charge is 0.463 e. The summed E-state index contributed by atoms with van der Waals surface area (Å²) in [5.74, 6) is 2.19. The predicted octanol–water partition coefficient (Wildman–Crippen LogP) is 2.24. The lowest BCUT2D eigenvalue weighted by atomic mass is 10.0. The summed E-state index contributed by atoms with van der Waals surface area (Å²) in [5.41, 5.74) is -1.21. The molecule has 0 spiro atoms. The van der Waals surface area contributed by atoms with Crippen molar-refractivity contribution >= 4 is 17.8 Å². The van der Waals surface area contributed by atoms with Crippen molar-refractivity contribution in [1.82, 2.24) is 10.6 Å². The molecule has 0 saturated heterocycles. The van der Waals surface area contributed by atoms with E-state index in [-0.39, 0.29) is 18.6 Å². The van der Waals surface area contributed by atoms with Crippen LogP contribution >= 0.6 is 11.8 Å². The molecule has 20 heavy (non-hydrogen) atoms. The van der Waals surface area contributed by atoms with E-state index in [1.165, 1.54) is 0 Å². The quantitative estimate of drug-likeness (QED) is 0.722. The van der Waals surface area contributed by atoms with E-state index in [0.29, 0.717) is 5.76 Å². The molecule has 0 aromatic carbocycles. The van der Waals surface area contributed by atoms with Gasteiger partial charge in [-0.2, -0.15) is 11.8 Å². The van der Waals surface area contributed by atoms with E-state index < -0.39 is 5.60 Å². The van der Waals surface area contributed by atoms with Crippen molar-refractivity contribution in [1.29, 1.82) is 0 Å². The van der Waals surface area contributed by atoms with Crippen molar-refractivity contribution < 1.29 is 14.3 Å². The Bertz CT molecular complexity index is 432. The molecule has 6 heteroatoms. The van der Waals surface area contributed by atoms with Gasteiger partial charge in [-0.25, -0.2) is 4.79 Å². The molecule has 2 atom stereocenters. The minimum absolute atomic E-state index is 0.0982. The average Bonchev–Trinajstić information content (AvgIpc) is 2.81. The van der Waals surface area contributed by atoms with E-state index in [2.05, 4.69) is 10.6 Å². The van der Waals surface area contributed by atoms with Crippen LogP contribution in [0, 0.1) is 6.92 Å². The van der Waals surface area contributed by atoms with Crippen molar-refractivity contribution in [3.05, 3.63) is 23.7 Å². The summed E-state index contributed by atoms with van der Waals surface area (Å²) in [6.45, 7) is 5.49. The van der Waals surface area contributed by atoms with Crippen LogP contribution in [0.15, 0.2) is 16.5 Å². The minimum Gasteiger partial charge on any atom is -0.463 e. The number of carbonyl (C=O) groups excluding carboxylic acids is 1. The molecule has 0 saturated carbocycles. The first-order chi connectivity index (χ1) is 9.35. The maximum Gasteiger partial charge on any atom is 0.315 e. The fourth-order valence-electron chi connectivity index (χ4n) is 1.71. The van der Waals surface area contributed by atoms with E-state index in [9.17, 15) is 9.90 Å². The van der Waals surface area contributed by atoms with Gasteiger partial charge in [-0.15, -0.1) is 0 Å². The van der Waals surface area contributed by atoms with Crippen LogP contribution in [0.1, 0.15) is 31.8 Å². The molecule has 0 radical (unpaired) electrons. The van der Waals surface area contributed by atoms with Gasteiger partial charge in [0.05, 0.1) is 6.54 Å². The van der Waals surface area contributed by atoms with E-state index >= 15 is 0 Å². The Morgan fingerprint density at radius 2 is 2.25 bits per heavy atom. The Balaban J connectivity index is 2.40. The lowest BCUT2D eigenvalue weighted by Gasteiger charge is -2.22. The lowest BCUT2D eigenvalue weighted by Crippen LogP contribution is -2.46. The maximum absolute atomic E-state index is 11.7. The summed E-state index contributed by atoms with van der Waals surface area (Å²) in [4.78, 5) is 11.7. The second-order valence-corrected chi connectivity index (χ2v) is 6.18. The first-order valence-electron chi connectivity index (χ1n) is 6.67. The van der Waals surface area contributed by atoms with Crippen LogP contribution in [0.5, 0.6) is 0 Å². The molecule has 0 aliphatic rings. The van der Waals surface area contributed by atoms with Gasteiger partial charge in [0.15, 0.2) is 0 Å². The number of urea groups is 1. The molecule has 0 fully saturated rings. The molecule has 0 aliphatic carbocycles. The highest BCUT2D eigenvalue weighted by atomic mass is 32.2. The van der Waals surface area contributed by atoms with Gasteiger partial charge >= 0.3 is 6.03 Å². The lowest BCUT2D eigenvalue weighted by molar-refractivity contribution is 0.0359. The predicted molar refractivity (Wildman–Crippen MR) is 82.0 cm³/mol.